The molecule has 0 bridgehead atoms. The second kappa shape index (κ2) is 39.9. The van der Waals surface area contributed by atoms with E-state index in [2.05, 4.69) is 30.5 Å². The number of esters is 2. The zero-order valence-corrected chi connectivity index (χ0v) is 35.6. The Bertz CT molecular complexity index is 915. The fraction of sp³-hybridized carbons (Fsp3) is 0.907. The van der Waals surface area contributed by atoms with Crippen LogP contribution in [0.15, 0.2) is 12.2 Å². The molecule has 54 heavy (non-hydrogen) atoms. The summed E-state index contributed by atoms with van der Waals surface area (Å²) in [4.78, 5) is 35.0. The third-order valence-electron chi connectivity index (χ3n) is 9.67. The molecular weight excluding hydrogens is 707 g/mol. The number of aliphatic hydroxyl groups excluding tert-OH is 2. The van der Waals surface area contributed by atoms with Crippen LogP contribution in [0.5, 0.6) is 0 Å². The molecule has 0 saturated carbocycles. The van der Waals surface area contributed by atoms with Crippen molar-refractivity contribution in [2.45, 2.75) is 225 Å². The minimum absolute atomic E-state index is 0.188. The van der Waals surface area contributed by atoms with E-state index in [1.54, 1.807) is 0 Å². The lowest BCUT2D eigenvalue weighted by molar-refractivity contribution is -0.161. The Morgan fingerprint density at radius 1 is 0.537 bits per heavy atom. The molecule has 3 atom stereocenters. The number of phosphoric ester groups is 1. The highest BCUT2D eigenvalue weighted by molar-refractivity contribution is 7.47. The number of unbranched alkanes of at least 4 members (excludes halogenated alkanes) is 26. The molecule has 0 aromatic carbocycles. The van der Waals surface area contributed by atoms with Crippen molar-refractivity contribution in [2.75, 3.05) is 26.4 Å². The van der Waals surface area contributed by atoms with Gasteiger partial charge < -0.3 is 24.6 Å². The molecule has 0 amide bonds. The number of hydrogen-bond donors (Lipinski definition) is 3. The Balaban J connectivity index is 4.24. The van der Waals surface area contributed by atoms with Gasteiger partial charge in [-0.3, -0.25) is 18.6 Å². The molecule has 0 fully saturated rings. The Morgan fingerprint density at radius 3 is 1.35 bits per heavy atom. The maximum Gasteiger partial charge on any atom is 0.472 e. The summed E-state index contributed by atoms with van der Waals surface area (Å²) in [5.74, 6) is -0.924. The van der Waals surface area contributed by atoms with E-state index in [1.165, 1.54) is 116 Å². The van der Waals surface area contributed by atoms with Gasteiger partial charge in [-0.25, -0.2) is 4.57 Å². The SMILES string of the molecule is CCCCCC/C=C\CCCCCCCC(=O)OC[C@H](COP(=O)(O)OC[C@@H](O)CO)OC(=O)CCCCCCCCCCCCCCCCCCCC. The van der Waals surface area contributed by atoms with Crippen molar-refractivity contribution < 1.29 is 47.8 Å². The maximum absolute atomic E-state index is 12.6. The molecule has 3 N–H and O–H groups in total. The summed E-state index contributed by atoms with van der Waals surface area (Å²) < 4.78 is 32.7. The van der Waals surface area contributed by atoms with Crippen molar-refractivity contribution in [3.05, 3.63) is 12.2 Å². The lowest BCUT2D eigenvalue weighted by atomic mass is 10.0. The highest BCUT2D eigenvalue weighted by Gasteiger charge is 2.27. The van der Waals surface area contributed by atoms with Crippen molar-refractivity contribution in [3.63, 3.8) is 0 Å². The Hall–Kier alpha value is -1.29. The molecule has 0 rings (SSSR count). The maximum atomic E-state index is 12.6. The predicted octanol–water partition coefficient (Wildman–Crippen LogP) is 11.6. The predicted molar refractivity (Wildman–Crippen MR) is 219 cm³/mol. The van der Waals surface area contributed by atoms with Crippen LogP contribution in [0, 0.1) is 0 Å². The molecule has 0 saturated heterocycles. The summed E-state index contributed by atoms with van der Waals surface area (Å²) in [5, 5.41) is 18.3. The fourth-order valence-corrected chi connectivity index (χ4v) is 7.01. The molecule has 0 aliphatic heterocycles. The number of carbonyl (C=O) groups is 2. The lowest BCUT2D eigenvalue weighted by Crippen LogP contribution is -2.29. The zero-order valence-electron chi connectivity index (χ0n) is 34.7. The van der Waals surface area contributed by atoms with E-state index in [1.807, 2.05) is 0 Å². The van der Waals surface area contributed by atoms with E-state index in [-0.39, 0.29) is 19.4 Å². The summed E-state index contributed by atoms with van der Waals surface area (Å²) in [6, 6.07) is 0. The molecule has 10 nitrogen and oxygen atoms in total. The summed E-state index contributed by atoms with van der Waals surface area (Å²) in [6.45, 7) is 2.38. The first-order valence-corrected chi connectivity index (χ1v) is 23.6. The molecule has 0 aromatic heterocycles. The quantitative estimate of drug-likeness (QED) is 0.0236. The molecule has 11 heteroatoms. The van der Waals surface area contributed by atoms with E-state index in [9.17, 15) is 24.2 Å². The molecule has 0 aliphatic rings. The van der Waals surface area contributed by atoms with Crippen LogP contribution in [-0.2, 0) is 32.7 Å². The first-order chi connectivity index (χ1) is 26.2. The van der Waals surface area contributed by atoms with Crippen LogP contribution in [0.2, 0.25) is 0 Å². The number of ether oxygens (including phenoxy) is 2. The monoisotopic (exact) mass is 791 g/mol. The van der Waals surface area contributed by atoms with E-state index < -0.39 is 51.8 Å². The average Bonchev–Trinajstić information content (AvgIpc) is 3.16. The highest BCUT2D eigenvalue weighted by Crippen LogP contribution is 2.43. The normalized spacial score (nSPS) is 13.9. The second-order valence-corrected chi connectivity index (χ2v) is 16.5. The molecule has 0 heterocycles. The van der Waals surface area contributed by atoms with Crippen LogP contribution in [0.4, 0.5) is 0 Å². The third-order valence-corrected chi connectivity index (χ3v) is 10.6. The van der Waals surface area contributed by atoms with Crippen LogP contribution in [-0.4, -0.2) is 65.7 Å². The molecule has 320 valence electrons. The summed E-state index contributed by atoms with van der Waals surface area (Å²) in [7, 11) is -4.61. The number of allylic oxidation sites excluding steroid dienone is 2. The van der Waals surface area contributed by atoms with Crippen molar-refractivity contribution >= 4 is 19.8 Å². The molecular formula is C43H83O10P. The number of phosphoric acid groups is 1. The summed E-state index contributed by atoms with van der Waals surface area (Å²) >= 11 is 0. The number of rotatable bonds is 42. The van der Waals surface area contributed by atoms with Crippen LogP contribution in [0.25, 0.3) is 0 Å². The van der Waals surface area contributed by atoms with Gasteiger partial charge in [-0.2, -0.15) is 0 Å². The average molecular weight is 791 g/mol. The van der Waals surface area contributed by atoms with Crippen molar-refractivity contribution in [1.29, 1.82) is 0 Å². The van der Waals surface area contributed by atoms with Crippen molar-refractivity contribution in [1.82, 2.24) is 0 Å². The molecule has 0 aliphatic carbocycles. The van der Waals surface area contributed by atoms with Gasteiger partial charge in [0.05, 0.1) is 19.8 Å². The van der Waals surface area contributed by atoms with Gasteiger partial charge in [0.15, 0.2) is 6.10 Å². The van der Waals surface area contributed by atoms with Gasteiger partial charge in [0.25, 0.3) is 0 Å². The zero-order chi connectivity index (χ0) is 39.8. The smallest absolute Gasteiger partial charge is 0.462 e. The number of carbonyl (C=O) groups excluding carboxylic acids is 2. The van der Waals surface area contributed by atoms with Gasteiger partial charge in [0.1, 0.15) is 12.7 Å². The largest absolute Gasteiger partial charge is 0.472 e. The number of aliphatic hydroxyl groups is 2. The van der Waals surface area contributed by atoms with Crippen LogP contribution in [0.3, 0.4) is 0 Å². The van der Waals surface area contributed by atoms with Gasteiger partial charge in [0, 0.05) is 12.8 Å². The Kier molecular flexibility index (Phi) is 39.0. The second-order valence-electron chi connectivity index (χ2n) is 15.1. The van der Waals surface area contributed by atoms with Crippen molar-refractivity contribution in [2.24, 2.45) is 0 Å². The molecule has 0 radical (unpaired) electrons. The summed E-state index contributed by atoms with van der Waals surface area (Å²) in [6.07, 6.45) is 37.5. The van der Waals surface area contributed by atoms with E-state index in [0.717, 1.165) is 57.8 Å². The van der Waals surface area contributed by atoms with Crippen LogP contribution >= 0.6 is 7.82 Å². The minimum Gasteiger partial charge on any atom is -0.462 e. The third kappa shape index (κ3) is 39.0. The minimum atomic E-state index is -4.61. The van der Waals surface area contributed by atoms with Crippen LogP contribution < -0.4 is 0 Å². The fourth-order valence-electron chi connectivity index (χ4n) is 6.22. The van der Waals surface area contributed by atoms with E-state index in [0.29, 0.717) is 12.8 Å². The Morgan fingerprint density at radius 2 is 0.907 bits per heavy atom. The van der Waals surface area contributed by atoms with Gasteiger partial charge in [-0.15, -0.1) is 0 Å². The topological polar surface area (TPSA) is 149 Å². The molecule has 1 unspecified atom stereocenters. The van der Waals surface area contributed by atoms with E-state index >= 15 is 0 Å². The van der Waals surface area contributed by atoms with Gasteiger partial charge in [-0.1, -0.05) is 174 Å². The Labute approximate surface area is 330 Å². The van der Waals surface area contributed by atoms with Crippen molar-refractivity contribution in [3.8, 4) is 0 Å². The number of hydrogen-bond acceptors (Lipinski definition) is 9. The molecule has 0 spiro atoms. The summed E-state index contributed by atoms with van der Waals surface area (Å²) in [5.41, 5.74) is 0. The van der Waals surface area contributed by atoms with Crippen LogP contribution in [0.1, 0.15) is 213 Å². The standard InChI is InChI=1S/C43H83O10P/c1-3-5-7-9-11-13-15-17-18-19-20-21-23-25-27-29-31-33-35-43(47)53-41(39-52-54(48,49)51-37-40(45)36-44)38-50-42(46)34-32-30-28-26-24-22-16-14-12-10-8-6-4-2/h14,16,40-41,44-45H,3-13,15,17-39H2,1-2H3,(H,48,49)/b16-14-/t40-,41+/m0/s1. The lowest BCUT2D eigenvalue weighted by Gasteiger charge is -2.20. The van der Waals surface area contributed by atoms with Gasteiger partial charge >= 0.3 is 19.8 Å². The highest BCUT2D eigenvalue weighted by atomic mass is 31.2. The van der Waals surface area contributed by atoms with Gasteiger partial charge in [0.2, 0.25) is 0 Å². The van der Waals surface area contributed by atoms with Gasteiger partial charge in [-0.05, 0) is 38.5 Å². The molecule has 0 aromatic rings. The first-order valence-electron chi connectivity index (χ1n) is 22.1. The van der Waals surface area contributed by atoms with E-state index in [4.69, 9.17) is 19.1 Å². The first kappa shape index (κ1) is 52.7.